The summed E-state index contributed by atoms with van der Waals surface area (Å²) in [5.74, 6) is 0.0529. The van der Waals surface area contributed by atoms with Crippen molar-refractivity contribution in [3.8, 4) is 0 Å². The molecule has 0 atom stereocenters. The first-order chi connectivity index (χ1) is 5.83. The second-order valence-electron chi connectivity index (χ2n) is 2.52. The first-order valence-electron chi connectivity index (χ1n) is 4.00. The van der Waals surface area contributed by atoms with Crippen LogP contribution in [-0.2, 0) is 4.79 Å². The number of nitrogens with one attached hydrogen (secondary N) is 1. The highest BCUT2D eigenvalue weighted by atomic mass is 16.1. The first-order valence-corrected chi connectivity index (χ1v) is 4.00. The smallest absolute Gasteiger partial charge is 0.224 e. The summed E-state index contributed by atoms with van der Waals surface area (Å²) in [7, 11) is 0. The molecule has 1 aromatic rings. The van der Waals surface area contributed by atoms with Crippen molar-refractivity contribution in [1.29, 1.82) is 0 Å². The van der Waals surface area contributed by atoms with E-state index in [1.54, 1.807) is 18.2 Å². The molecule has 62 valence electrons. The van der Waals surface area contributed by atoms with E-state index in [9.17, 15) is 4.79 Å². The summed E-state index contributed by atoms with van der Waals surface area (Å²) in [5.41, 5.74) is 0.784. The molecule has 0 bridgehead atoms. The minimum Gasteiger partial charge on any atom is -0.326 e. The predicted octanol–water partition coefficient (Wildman–Crippen LogP) is 2.03. The van der Waals surface area contributed by atoms with Gasteiger partial charge in [0.05, 0.1) is 0 Å². The van der Waals surface area contributed by atoms with E-state index in [1.165, 1.54) is 0 Å². The third-order valence-corrected chi connectivity index (χ3v) is 1.42. The van der Waals surface area contributed by atoms with Gasteiger partial charge < -0.3 is 5.32 Å². The van der Waals surface area contributed by atoms with Gasteiger partial charge in [-0.15, -0.1) is 0 Å². The Bertz CT molecular complexity index is 243. The van der Waals surface area contributed by atoms with Crippen LogP contribution in [0, 0.1) is 12.1 Å². The van der Waals surface area contributed by atoms with Gasteiger partial charge in [-0.3, -0.25) is 4.79 Å². The van der Waals surface area contributed by atoms with E-state index in [-0.39, 0.29) is 5.91 Å². The number of carbonyl (C=O) groups is 1. The Morgan fingerprint density at radius 1 is 1.58 bits per heavy atom. The zero-order chi connectivity index (χ0) is 8.81. The van der Waals surface area contributed by atoms with Gasteiger partial charge in [-0.2, -0.15) is 0 Å². The van der Waals surface area contributed by atoms with Crippen molar-refractivity contribution >= 4 is 11.6 Å². The Morgan fingerprint density at radius 2 is 2.42 bits per heavy atom. The normalized spacial score (nSPS) is 9.42. The highest BCUT2D eigenvalue weighted by Gasteiger charge is 1.98. The Hall–Kier alpha value is -1.31. The Balaban J connectivity index is 2.47. The summed E-state index contributed by atoms with van der Waals surface area (Å²) in [6, 6.07) is 10.8. The number of benzene rings is 1. The van der Waals surface area contributed by atoms with Gasteiger partial charge in [0.1, 0.15) is 0 Å². The third-order valence-electron chi connectivity index (χ3n) is 1.42. The van der Waals surface area contributed by atoms with Gasteiger partial charge in [-0.25, -0.2) is 0 Å². The summed E-state index contributed by atoms with van der Waals surface area (Å²) in [6.07, 6.45) is 1.44. The zero-order valence-corrected chi connectivity index (χ0v) is 7.05. The van der Waals surface area contributed by atoms with Crippen molar-refractivity contribution in [1.82, 2.24) is 0 Å². The number of amides is 1. The summed E-state index contributed by atoms with van der Waals surface area (Å²) in [6.45, 7) is 1.98. The Kier molecular flexibility index (Phi) is 3.33. The molecular formula is C10H11NO. The van der Waals surface area contributed by atoms with Gasteiger partial charge in [0.2, 0.25) is 5.91 Å². The predicted molar refractivity (Wildman–Crippen MR) is 47.7 cm³/mol. The second kappa shape index (κ2) is 4.54. The van der Waals surface area contributed by atoms with Crippen LogP contribution in [0.25, 0.3) is 0 Å². The van der Waals surface area contributed by atoms with Crippen LogP contribution >= 0.6 is 0 Å². The van der Waals surface area contributed by atoms with E-state index in [0.717, 1.165) is 12.1 Å². The summed E-state index contributed by atoms with van der Waals surface area (Å²) >= 11 is 0. The van der Waals surface area contributed by atoms with Gasteiger partial charge >= 0.3 is 0 Å². The molecule has 0 aliphatic carbocycles. The molecule has 1 amide bonds. The maximum absolute atomic E-state index is 11.1. The zero-order valence-electron chi connectivity index (χ0n) is 7.05. The molecular weight excluding hydrogens is 150 g/mol. The van der Waals surface area contributed by atoms with Gasteiger partial charge in [-0.05, 0) is 30.7 Å². The molecule has 1 rings (SSSR count). The van der Waals surface area contributed by atoms with E-state index in [0.29, 0.717) is 6.42 Å². The number of rotatable bonds is 3. The Morgan fingerprint density at radius 3 is 3.00 bits per heavy atom. The van der Waals surface area contributed by atoms with E-state index in [1.807, 2.05) is 6.92 Å². The molecule has 0 heterocycles. The molecule has 0 spiro atoms. The highest BCUT2D eigenvalue weighted by molar-refractivity contribution is 5.90. The molecule has 1 aromatic carbocycles. The number of hydrogen-bond donors (Lipinski definition) is 1. The summed E-state index contributed by atoms with van der Waals surface area (Å²) in [5, 5.41) is 2.75. The van der Waals surface area contributed by atoms with Crippen molar-refractivity contribution in [2.24, 2.45) is 0 Å². The standard InChI is InChI=1S/C10H11NO/c1-2-6-10(12)11-9-7-4-3-5-8-9/h4,7-8H,2,6H2,1H3,(H,11,12). The van der Waals surface area contributed by atoms with Gasteiger partial charge in [0, 0.05) is 12.1 Å². The molecule has 0 fully saturated rings. The lowest BCUT2D eigenvalue weighted by Crippen LogP contribution is -2.10. The van der Waals surface area contributed by atoms with Crippen LogP contribution in [0.5, 0.6) is 0 Å². The van der Waals surface area contributed by atoms with Crippen LogP contribution in [0.3, 0.4) is 0 Å². The topological polar surface area (TPSA) is 29.1 Å². The first kappa shape index (κ1) is 8.78. The number of anilines is 1. The molecule has 0 aromatic heterocycles. The van der Waals surface area contributed by atoms with Crippen molar-refractivity contribution in [2.75, 3.05) is 5.32 Å². The minimum atomic E-state index is 0.0529. The van der Waals surface area contributed by atoms with E-state index in [4.69, 9.17) is 0 Å². The lowest BCUT2D eigenvalue weighted by molar-refractivity contribution is -0.116. The van der Waals surface area contributed by atoms with E-state index in [2.05, 4.69) is 17.4 Å². The maximum Gasteiger partial charge on any atom is 0.224 e. The monoisotopic (exact) mass is 161 g/mol. The maximum atomic E-state index is 11.1. The average molecular weight is 161 g/mol. The van der Waals surface area contributed by atoms with E-state index < -0.39 is 0 Å². The van der Waals surface area contributed by atoms with Crippen molar-refractivity contribution in [3.63, 3.8) is 0 Å². The lowest BCUT2D eigenvalue weighted by atomic mass is 10.3. The minimum absolute atomic E-state index is 0.0529. The van der Waals surface area contributed by atoms with Crippen LogP contribution in [0.2, 0.25) is 0 Å². The summed E-state index contributed by atoms with van der Waals surface area (Å²) in [4.78, 5) is 11.1. The van der Waals surface area contributed by atoms with Crippen molar-refractivity contribution in [3.05, 3.63) is 30.3 Å². The molecule has 0 saturated heterocycles. The van der Waals surface area contributed by atoms with Gasteiger partial charge in [0.25, 0.3) is 0 Å². The van der Waals surface area contributed by atoms with Crippen LogP contribution in [0.4, 0.5) is 5.69 Å². The molecule has 0 aliphatic heterocycles. The Labute approximate surface area is 72.6 Å². The molecule has 2 heteroatoms. The fourth-order valence-corrected chi connectivity index (χ4v) is 0.875. The summed E-state index contributed by atoms with van der Waals surface area (Å²) < 4.78 is 0. The second-order valence-corrected chi connectivity index (χ2v) is 2.52. The van der Waals surface area contributed by atoms with E-state index >= 15 is 0 Å². The molecule has 0 unspecified atom stereocenters. The molecule has 0 aliphatic rings. The fourth-order valence-electron chi connectivity index (χ4n) is 0.875. The van der Waals surface area contributed by atoms with Crippen LogP contribution in [0.15, 0.2) is 18.2 Å². The van der Waals surface area contributed by atoms with Crippen molar-refractivity contribution < 1.29 is 4.79 Å². The van der Waals surface area contributed by atoms with Crippen LogP contribution in [0.1, 0.15) is 19.8 Å². The highest BCUT2D eigenvalue weighted by Crippen LogP contribution is 2.04. The molecule has 2 nitrogen and oxygen atoms in total. The van der Waals surface area contributed by atoms with Gasteiger partial charge in [-0.1, -0.05) is 13.0 Å². The molecule has 0 saturated carbocycles. The molecule has 1 N–H and O–H groups in total. The third kappa shape index (κ3) is 2.74. The van der Waals surface area contributed by atoms with Crippen molar-refractivity contribution in [2.45, 2.75) is 19.8 Å². The molecule has 12 heavy (non-hydrogen) atoms. The fraction of sp³-hybridized carbons (Fsp3) is 0.300. The average Bonchev–Trinajstić information content (AvgIpc) is 2.06. The number of carbonyl (C=O) groups excluding carboxylic acids is 1. The quantitative estimate of drug-likeness (QED) is 0.722. The van der Waals surface area contributed by atoms with Crippen LogP contribution in [-0.4, -0.2) is 5.91 Å². The SMILES string of the molecule is CCCC(=O)Nc1c[c][c]cc1. The number of hydrogen-bond acceptors (Lipinski definition) is 1. The van der Waals surface area contributed by atoms with Gasteiger partial charge in [0.15, 0.2) is 0 Å². The largest absolute Gasteiger partial charge is 0.326 e. The molecule has 2 radical (unpaired) electrons. The van der Waals surface area contributed by atoms with Crippen LogP contribution < -0.4 is 5.32 Å². The lowest BCUT2D eigenvalue weighted by Gasteiger charge is -2.01.